The number of aromatic nitrogens is 2. The number of rotatable bonds is 6. The van der Waals surface area contributed by atoms with Crippen molar-refractivity contribution in [2.45, 2.75) is 39.7 Å². The van der Waals surface area contributed by atoms with Gasteiger partial charge in [0, 0.05) is 25.9 Å². The molecule has 9 heteroatoms. The van der Waals surface area contributed by atoms with Crippen LogP contribution in [0.5, 0.6) is 17.5 Å². The number of hydrogen-bond donors (Lipinski definition) is 1. The van der Waals surface area contributed by atoms with Crippen molar-refractivity contribution in [3.8, 4) is 17.5 Å². The highest BCUT2D eigenvalue weighted by Gasteiger charge is 2.24. The van der Waals surface area contributed by atoms with Gasteiger partial charge in [-0.3, -0.25) is 0 Å². The van der Waals surface area contributed by atoms with Gasteiger partial charge < -0.3 is 24.3 Å². The Morgan fingerprint density at radius 3 is 2.53 bits per heavy atom. The van der Waals surface area contributed by atoms with Crippen LogP contribution >= 0.6 is 0 Å². The summed E-state index contributed by atoms with van der Waals surface area (Å²) in [5.74, 6) is 1.55. The standard InChI is InChI=1S/C21H26N4O5/c1-13-11-16(5-6-18(13)28-4)15(3)24-30-20-14(2)19(22-12-23-20)29-17-7-9-25(10-8-17)21(26)27/h5-6,11-12,17H,7-10H2,1-4H3,(H,26,27)/b24-15-. The van der Waals surface area contributed by atoms with Gasteiger partial charge in [-0.2, -0.15) is 4.98 Å². The van der Waals surface area contributed by atoms with Crippen molar-refractivity contribution in [2.75, 3.05) is 20.2 Å². The van der Waals surface area contributed by atoms with Crippen molar-refractivity contribution < 1.29 is 24.2 Å². The minimum Gasteiger partial charge on any atom is -0.496 e. The molecule has 0 aliphatic carbocycles. The molecule has 9 nitrogen and oxygen atoms in total. The van der Waals surface area contributed by atoms with E-state index in [1.54, 1.807) is 14.0 Å². The van der Waals surface area contributed by atoms with Crippen LogP contribution in [-0.2, 0) is 0 Å². The molecule has 1 aliphatic rings. The average molecular weight is 414 g/mol. The Bertz CT molecular complexity index is 939. The molecule has 0 radical (unpaired) electrons. The number of ether oxygens (including phenoxy) is 2. The molecule has 2 heterocycles. The van der Waals surface area contributed by atoms with E-state index >= 15 is 0 Å². The van der Waals surface area contributed by atoms with Crippen LogP contribution in [0.15, 0.2) is 29.7 Å². The Hall–Kier alpha value is -3.36. The quantitative estimate of drug-likeness (QED) is 0.570. The van der Waals surface area contributed by atoms with Crippen LogP contribution in [0, 0.1) is 13.8 Å². The predicted octanol–water partition coefficient (Wildman–Crippen LogP) is 3.43. The van der Waals surface area contributed by atoms with E-state index in [1.807, 2.05) is 32.0 Å². The van der Waals surface area contributed by atoms with Gasteiger partial charge in [-0.15, -0.1) is 0 Å². The molecule has 0 bridgehead atoms. The normalized spacial score (nSPS) is 15.1. The average Bonchev–Trinajstić information content (AvgIpc) is 2.74. The molecule has 1 fully saturated rings. The summed E-state index contributed by atoms with van der Waals surface area (Å²) in [7, 11) is 1.64. The summed E-state index contributed by atoms with van der Waals surface area (Å²) in [5, 5.41) is 13.2. The van der Waals surface area contributed by atoms with E-state index < -0.39 is 6.09 Å². The van der Waals surface area contributed by atoms with E-state index in [9.17, 15) is 4.79 Å². The summed E-state index contributed by atoms with van der Waals surface area (Å²) in [6, 6.07) is 5.78. The second-order valence-corrected chi connectivity index (χ2v) is 7.15. The van der Waals surface area contributed by atoms with Gasteiger partial charge in [-0.05, 0) is 50.1 Å². The smallest absolute Gasteiger partial charge is 0.407 e. The maximum Gasteiger partial charge on any atom is 0.407 e. The van der Waals surface area contributed by atoms with E-state index in [0.29, 0.717) is 49.0 Å². The monoisotopic (exact) mass is 414 g/mol. The Labute approximate surface area is 175 Å². The summed E-state index contributed by atoms with van der Waals surface area (Å²) < 4.78 is 11.3. The second kappa shape index (κ2) is 9.43. The zero-order chi connectivity index (χ0) is 21.7. The molecule has 0 saturated carbocycles. The number of aryl methyl sites for hydroxylation is 1. The number of likely N-dealkylation sites (tertiary alicyclic amines) is 1. The summed E-state index contributed by atoms with van der Waals surface area (Å²) in [6.07, 6.45) is 1.59. The van der Waals surface area contributed by atoms with Gasteiger partial charge in [-0.25, -0.2) is 9.78 Å². The number of benzene rings is 1. The number of hydrogen-bond acceptors (Lipinski definition) is 7. The van der Waals surface area contributed by atoms with Crippen LogP contribution < -0.4 is 14.3 Å². The SMILES string of the molecule is COc1ccc(/C(C)=N\Oc2ncnc(OC3CCN(C(=O)O)CC3)c2C)cc1C. The first kappa shape index (κ1) is 21.4. The third-order valence-electron chi connectivity index (χ3n) is 5.06. The van der Waals surface area contributed by atoms with Crippen LogP contribution in [0.2, 0.25) is 0 Å². The van der Waals surface area contributed by atoms with E-state index in [4.69, 9.17) is 19.4 Å². The second-order valence-electron chi connectivity index (χ2n) is 7.15. The van der Waals surface area contributed by atoms with Gasteiger partial charge in [0.2, 0.25) is 5.88 Å². The zero-order valence-electron chi connectivity index (χ0n) is 17.6. The molecule has 1 aromatic heterocycles. The summed E-state index contributed by atoms with van der Waals surface area (Å²) in [5.41, 5.74) is 3.26. The van der Waals surface area contributed by atoms with Crippen molar-refractivity contribution in [1.29, 1.82) is 0 Å². The fourth-order valence-corrected chi connectivity index (χ4v) is 3.22. The molecule has 30 heavy (non-hydrogen) atoms. The Morgan fingerprint density at radius 2 is 1.90 bits per heavy atom. The number of piperidine rings is 1. The lowest BCUT2D eigenvalue weighted by Gasteiger charge is -2.30. The van der Waals surface area contributed by atoms with Crippen molar-refractivity contribution in [2.24, 2.45) is 5.16 Å². The molecule has 160 valence electrons. The van der Waals surface area contributed by atoms with Gasteiger partial charge in [0.15, 0.2) is 0 Å². The lowest BCUT2D eigenvalue weighted by molar-refractivity contribution is 0.0863. The lowest BCUT2D eigenvalue weighted by atomic mass is 10.1. The predicted molar refractivity (Wildman–Crippen MR) is 111 cm³/mol. The highest BCUT2D eigenvalue weighted by molar-refractivity contribution is 5.98. The van der Waals surface area contributed by atoms with Crippen LogP contribution in [0.3, 0.4) is 0 Å². The maximum absolute atomic E-state index is 11.0. The number of nitrogens with zero attached hydrogens (tertiary/aromatic N) is 4. The molecule has 1 N–H and O–H groups in total. The van der Waals surface area contributed by atoms with Gasteiger partial charge in [0.25, 0.3) is 5.88 Å². The van der Waals surface area contributed by atoms with E-state index in [2.05, 4.69) is 15.1 Å². The van der Waals surface area contributed by atoms with Crippen LogP contribution in [-0.4, -0.2) is 58.1 Å². The first-order valence-corrected chi connectivity index (χ1v) is 9.71. The summed E-state index contributed by atoms with van der Waals surface area (Å²) in [6.45, 7) is 6.51. The number of amides is 1. The van der Waals surface area contributed by atoms with Crippen LogP contribution in [0.4, 0.5) is 4.79 Å². The molecule has 3 rings (SSSR count). The van der Waals surface area contributed by atoms with Gasteiger partial charge in [0.1, 0.15) is 18.2 Å². The number of methoxy groups -OCH3 is 1. The molecule has 0 atom stereocenters. The van der Waals surface area contributed by atoms with Crippen LogP contribution in [0.1, 0.15) is 36.5 Å². The summed E-state index contributed by atoms with van der Waals surface area (Å²) >= 11 is 0. The van der Waals surface area contributed by atoms with Crippen molar-refractivity contribution in [1.82, 2.24) is 14.9 Å². The largest absolute Gasteiger partial charge is 0.496 e. The highest BCUT2D eigenvalue weighted by atomic mass is 16.6. The third-order valence-corrected chi connectivity index (χ3v) is 5.06. The van der Waals surface area contributed by atoms with Gasteiger partial charge >= 0.3 is 6.09 Å². The first-order valence-electron chi connectivity index (χ1n) is 9.71. The first-order chi connectivity index (χ1) is 14.4. The molecule has 0 unspecified atom stereocenters. The zero-order valence-corrected chi connectivity index (χ0v) is 17.6. The number of carboxylic acid groups (broad SMARTS) is 1. The highest BCUT2D eigenvalue weighted by Crippen LogP contribution is 2.26. The summed E-state index contributed by atoms with van der Waals surface area (Å²) in [4.78, 5) is 26.3. The van der Waals surface area contributed by atoms with E-state index in [1.165, 1.54) is 11.2 Å². The van der Waals surface area contributed by atoms with E-state index in [-0.39, 0.29) is 6.10 Å². The Kier molecular flexibility index (Phi) is 6.71. The van der Waals surface area contributed by atoms with Crippen LogP contribution in [0.25, 0.3) is 0 Å². The minimum atomic E-state index is -0.900. The molecule has 2 aromatic rings. The maximum atomic E-state index is 11.0. The molecular weight excluding hydrogens is 388 g/mol. The van der Waals surface area contributed by atoms with E-state index in [0.717, 1.165) is 16.9 Å². The third kappa shape index (κ3) is 4.97. The van der Waals surface area contributed by atoms with Crippen molar-refractivity contribution in [3.63, 3.8) is 0 Å². The molecule has 1 aliphatic heterocycles. The van der Waals surface area contributed by atoms with Crippen molar-refractivity contribution in [3.05, 3.63) is 41.2 Å². The minimum absolute atomic E-state index is 0.102. The molecule has 0 spiro atoms. The lowest BCUT2D eigenvalue weighted by Crippen LogP contribution is -2.41. The molecular formula is C21H26N4O5. The molecule has 1 aromatic carbocycles. The Morgan fingerprint density at radius 1 is 1.20 bits per heavy atom. The fourth-order valence-electron chi connectivity index (χ4n) is 3.22. The molecule has 1 amide bonds. The number of oxime groups is 1. The topological polar surface area (TPSA) is 106 Å². The van der Waals surface area contributed by atoms with Crippen molar-refractivity contribution >= 4 is 11.8 Å². The van der Waals surface area contributed by atoms with Gasteiger partial charge in [-0.1, -0.05) is 5.16 Å². The number of carbonyl (C=O) groups is 1. The Balaban J connectivity index is 1.67. The van der Waals surface area contributed by atoms with Gasteiger partial charge in [0.05, 0.1) is 18.4 Å². The fraction of sp³-hybridized carbons (Fsp3) is 0.429. The molecule has 1 saturated heterocycles.